The molecule has 1 N–H and O–H groups in total. The zero-order valence-electron chi connectivity index (χ0n) is 22.4. The Hall–Kier alpha value is -2.71. The lowest BCUT2D eigenvalue weighted by molar-refractivity contribution is -0.144. The Labute approximate surface area is 233 Å². The Morgan fingerprint density at radius 3 is 2.71 bits per heavy atom. The van der Waals surface area contributed by atoms with Gasteiger partial charge in [0.2, 0.25) is 11.8 Å². The fourth-order valence-corrected chi connectivity index (χ4v) is 6.78. The largest absolute Gasteiger partial charge is 0.417 e. The highest BCUT2D eigenvalue weighted by Crippen LogP contribution is 2.51. The lowest BCUT2D eigenvalue weighted by atomic mass is 9.78. The van der Waals surface area contributed by atoms with Crippen LogP contribution < -0.4 is 5.32 Å². The Bertz CT molecular complexity index is 1190. The Kier molecular flexibility index (Phi) is 8.11. The molecule has 41 heavy (non-hydrogen) atoms. The molecule has 0 bridgehead atoms. The highest BCUT2D eigenvalue weighted by molar-refractivity contribution is 5.91. The summed E-state index contributed by atoms with van der Waals surface area (Å²) in [5.74, 6) is -1.47. The second-order valence-electron chi connectivity index (χ2n) is 11.3. The van der Waals surface area contributed by atoms with Gasteiger partial charge in [0.25, 0.3) is 0 Å². The van der Waals surface area contributed by atoms with Gasteiger partial charge >= 0.3 is 12.4 Å². The number of halogens is 6. The van der Waals surface area contributed by atoms with Gasteiger partial charge in [-0.2, -0.15) is 26.3 Å². The number of nitrogens with one attached hydrogen (secondary N) is 1. The number of methoxy groups -OCH3 is 1. The number of carbonyl (C=O) groups is 2. The molecule has 0 aromatic carbocycles. The van der Waals surface area contributed by atoms with Crippen LogP contribution >= 0.6 is 0 Å². The minimum absolute atomic E-state index is 0.0223. The highest BCUT2D eigenvalue weighted by atomic mass is 19.4. The summed E-state index contributed by atoms with van der Waals surface area (Å²) < 4.78 is 89.2. The van der Waals surface area contributed by atoms with E-state index in [1.54, 1.807) is 7.11 Å². The molecule has 3 aliphatic heterocycles. The molecule has 3 fully saturated rings. The van der Waals surface area contributed by atoms with E-state index in [2.05, 4.69) is 10.3 Å². The molecule has 2 amide bonds. The third-order valence-corrected chi connectivity index (χ3v) is 8.74. The molecule has 4 heterocycles. The van der Waals surface area contributed by atoms with E-state index in [9.17, 15) is 35.9 Å². The monoisotopic (exact) mass is 590 g/mol. The van der Waals surface area contributed by atoms with Crippen molar-refractivity contribution in [3.05, 3.63) is 41.2 Å². The van der Waals surface area contributed by atoms with E-state index in [0.717, 1.165) is 12.3 Å². The van der Waals surface area contributed by atoms with Crippen molar-refractivity contribution in [3.63, 3.8) is 0 Å². The number of allylic oxidation sites excluding steroid dienone is 1. The predicted octanol–water partition coefficient (Wildman–Crippen LogP) is 3.10. The van der Waals surface area contributed by atoms with Crippen molar-refractivity contribution in [3.8, 4) is 0 Å². The minimum Gasteiger partial charge on any atom is -0.379 e. The average Bonchev–Trinajstić information content (AvgIpc) is 3.45. The SMILES string of the molecule is CO[C@@H]1COCC[C@@H]1N[C@@H]1C[C@H]2CN(C(=O)/C=C/C(F)(F)F)C[C@@]2(C(=O)N2CCc3ncc(C(F)(F)F)cc3C2)C1. The maximum Gasteiger partial charge on any atom is 0.417 e. The first kappa shape index (κ1) is 29.8. The van der Waals surface area contributed by atoms with E-state index in [0.29, 0.717) is 49.8 Å². The molecule has 5 atom stereocenters. The van der Waals surface area contributed by atoms with Gasteiger partial charge < -0.3 is 24.6 Å². The summed E-state index contributed by atoms with van der Waals surface area (Å²) in [4.78, 5) is 33.7. The van der Waals surface area contributed by atoms with Gasteiger partial charge in [0.05, 0.1) is 23.7 Å². The smallest absolute Gasteiger partial charge is 0.379 e. The summed E-state index contributed by atoms with van der Waals surface area (Å²) >= 11 is 0. The minimum atomic E-state index is -4.65. The van der Waals surface area contributed by atoms with E-state index < -0.39 is 29.2 Å². The molecule has 1 saturated carbocycles. The summed E-state index contributed by atoms with van der Waals surface area (Å²) in [5, 5.41) is 3.58. The molecular weight excluding hydrogens is 558 g/mol. The van der Waals surface area contributed by atoms with Crippen molar-refractivity contribution < 1.29 is 45.4 Å². The van der Waals surface area contributed by atoms with Gasteiger partial charge in [-0.25, -0.2) is 0 Å². The highest BCUT2D eigenvalue weighted by Gasteiger charge is 2.59. The standard InChI is InChI=1S/C27H32F6N4O4/c1-40-22-14-41-7-4-21(22)35-19-9-18-13-37(23(38)2-5-26(28,29)30)15-25(18,10-19)24(39)36-6-3-20-16(12-36)8-17(11-34-20)27(31,32)33/h2,5,8,11,18-19,21-22,35H,3-4,6-7,9-10,12-15H2,1H3/b5-2+/t18-,19+,21-,22+,25-/m0/s1. The van der Waals surface area contributed by atoms with E-state index in [1.807, 2.05) is 0 Å². The van der Waals surface area contributed by atoms with Crippen LogP contribution in [0.4, 0.5) is 26.3 Å². The average molecular weight is 591 g/mol. The number of rotatable bonds is 5. The molecule has 0 radical (unpaired) electrons. The van der Waals surface area contributed by atoms with Crippen LogP contribution in [0.3, 0.4) is 0 Å². The van der Waals surface area contributed by atoms with Crippen molar-refractivity contribution in [2.24, 2.45) is 11.3 Å². The molecule has 4 aliphatic rings. The Morgan fingerprint density at radius 1 is 1.22 bits per heavy atom. The summed E-state index contributed by atoms with van der Waals surface area (Å²) in [5.41, 5.74) is -1.18. The molecule has 1 aromatic rings. The van der Waals surface area contributed by atoms with Crippen LogP contribution in [0.1, 0.15) is 36.1 Å². The molecule has 0 spiro atoms. The molecule has 5 rings (SSSR count). The zero-order chi connectivity index (χ0) is 29.6. The van der Waals surface area contributed by atoms with Gasteiger partial charge in [0.1, 0.15) is 0 Å². The second kappa shape index (κ2) is 11.2. The lowest BCUT2D eigenvalue weighted by Gasteiger charge is -2.37. The second-order valence-corrected chi connectivity index (χ2v) is 11.3. The van der Waals surface area contributed by atoms with Crippen LogP contribution in [-0.2, 0) is 38.2 Å². The number of hydrogen-bond acceptors (Lipinski definition) is 6. The quantitative estimate of drug-likeness (QED) is 0.420. The number of aromatic nitrogens is 1. The fourth-order valence-electron chi connectivity index (χ4n) is 6.78. The molecule has 226 valence electrons. The number of likely N-dealkylation sites (tertiary alicyclic amines) is 1. The van der Waals surface area contributed by atoms with Crippen LogP contribution in [0.2, 0.25) is 0 Å². The first-order chi connectivity index (χ1) is 19.3. The van der Waals surface area contributed by atoms with Crippen molar-refractivity contribution in [2.45, 2.75) is 62.8 Å². The number of ether oxygens (including phenoxy) is 2. The maximum absolute atomic E-state index is 14.2. The van der Waals surface area contributed by atoms with E-state index >= 15 is 0 Å². The van der Waals surface area contributed by atoms with Gasteiger partial charge in [0.15, 0.2) is 0 Å². The van der Waals surface area contributed by atoms with Crippen molar-refractivity contribution in [1.29, 1.82) is 0 Å². The number of hydrogen-bond donors (Lipinski definition) is 1. The van der Waals surface area contributed by atoms with Crippen LogP contribution in [0.5, 0.6) is 0 Å². The Balaban J connectivity index is 1.38. The first-order valence-electron chi connectivity index (χ1n) is 13.5. The van der Waals surface area contributed by atoms with Gasteiger partial charge in [-0.15, -0.1) is 0 Å². The lowest BCUT2D eigenvalue weighted by Crippen LogP contribution is -2.52. The van der Waals surface area contributed by atoms with Gasteiger partial charge in [-0.05, 0) is 36.8 Å². The normalized spacial score (nSPS) is 30.5. The number of fused-ring (bicyclic) bond motifs is 2. The Morgan fingerprint density at radius 2 is 2.00 bits per heavy atom. The first-order valence-corrected chi connectivity index (χ1v) is 13.5. The van der Waals surface area contributed by atoms with Crippen LogP contribution in [-0.4, -0.2) is 90.9 Å². The van der Waals surface area contributed by atoms with E-state index in [-0.39, 0.29) is 68.7 Å². The molecule has 1 aromatic heterocycles. The molecular formula is C27H32F6N4O4. The molecule has 8 nitrogen and oxygen atoms in total. The van der Waals surface area contributed by atoms with Crippen molar-refractivity contribution in [1.82, 2.24) is 20.1 Å². The maximum atomic E-state index is 14.2. The van der Waals surface area contributed by atoms with Crippen LogP contribution in [0, 0.1) is 11.3 Å². The third kappa shape index (κ3) is 6.24. The molecule has 2 saturated heterocycles. The molecule has 0 unspecified atom stereocenters. The summed E-state index contributed by atoms with van der Waals surface area (Å²) in [6.07, 6.45) is -6.46. The number of carbonyl (C=O) groups excluding carboxylic acids is 2. The number of pyridine rings is 1. The number of alkyl halides is 6. The van der Waals surface area contributed by atoms with Crippen molar-refractivity contribution >= 4 is 11.8 Å². The van der Waals surface area contributed by atoms with Crippen LogP contribution in [0.25, 0.3) is 0 Å². The fraction of sp³-hybridized carbons (Fsp3) is 0.667. The number of nitrogens with zero attached hydrogens (tertiary/aromatic N) is 3. The van der Waals surface area contributed by atoms with Crippen LogP contribution in [0.15, 0.2) is 24.4 Å². The summed E-state index contributed by atoms with van der Waals surface area (Å²) in [7, 11) is 1.59. The predicted molar refractivity (Wildman–Crippen MR) is 132 cm³/mol. The van der Waals surface area contributed by atoms with Gasteiger partial charge in [-0.3, -0.25) is 14.6 Å². The van der Waals surface area contributed by atoms with Gasteiger partial charge in [0, 0.05) is 82.4 Å². The van der Waals surface area contributed by atoms with E-state index in [4.69, 9.17) is 9.47 Å². The summed E-state index contributed by atoms with van der Waals surface area (Å²) in [6, 6.07) is 0.868. The topological polar surface area (TPSA) is 84.0 Å². The third-order valence-electron chi connectivity index (χ3n) is 8.74. The molecule has 1 aliphatic carbocycles. The zero-order valence-corrected chi connectivity index (χ0v) is 22.4. The molecule has 14 heteroatoms. The number of amides is 2. The summed E-state index contributed by atoms with van der Waals surface area (Å²) in [6.45, 7) is 1.18. The van der Waals surface area contributed by atoms with Crippen molar-refractivity contribution in [2.75, 3.05) is 40.0 Å². The van der Waals surface area contributed by atoms with E-state index in [1.165, 1.54) is 9.80 Å². The van der Waals surface area contributed by atoms with Gasteiger partial charge in [-0.1, -0.05) is 0 Å².